The summed E-state index contributed by atoms with van der Waals surface area (Å²) in [6.07, 6.45) is 1.74. The number of nitrogens with zero attached hydrogens (tertiary/aromatic N) is 2. The van der Waals surface area contributed by atoms with Crippen LogP contribution in [0.4, 0.5) is 4.79 Å². The van der Waals surface area contributed by atoms with Gasteiger partial charge in [-0.15, -0.1) is 11.3 Å². The Morgan fingerprint density at radius 3 is 2.61 bits per heavy atom. The predicted molar refractivity (Wildman–Crippen MR) is 87.9 cm³/mol. The first-order valence-electron chi connectivity index (χ1n) is 7.95. The molecule has 1 saturated carbocycles. The molecular weight excluding hydrogens is 308 g/mol. The van der Waals surface area contributed by atoms with Gasteiger partial charge in [-0.2, -0.15) is 0 Å². The maximum Gasteiger partial charge on any atom is 0.328 e. The highest BCUT2D eigenvalue weighted by Gasteiger charge is 2.68. The van der Waals surface area contributed by atoms with Crippen molar-refractivity contribution in [2.45, 2.75) is 24.9 Å². The van der Waals surface area contributed by atoms with Crippen molar-refractivity contribution in [1.29, 1.82) is 0 Å². The second-order valence-corrected chi connectivity index (χ2v) is 7.89. The van der Waals surface area contributed by atoms with Gasteiger partial charge in [-0.1, -0.05) is 30.3 Å². The van der Waals surface area contributed by atoms with Gasteiger partial charge >= 0.3 is 6.03 Å². The van der Waals surface area contributed by atoms with Gasteiger partial charge in [0, 0.05) is 16.3 Å². The molecule has 6 rings (SSSR count). The number of amides is 3. The van der Waals surface area contributed by atoms with Crippen LogP contribution < -0.4 is 0 Å². The Morgan fingerprint density at radius 1 is 1.09 bits per heavy atom. The van der Waals surface area contributed by atoms with E-state index in [4.69, 9.17) is 0 Å². The van der Waals surface area contributed by atoms with Gasteiger partial charge in [-0.05, 0) is 36.5 Å². The number of hydrogen-bond donors (Lipinski definition) is 0. The lowest BCUT2D eigenvalue weighted by Gasteiger charge is -2.34. The fourth-order valence-electron chi connectivity index (χ4n) is 4.23. The lowest BCUT2D eigenvalue weighted by Crippen LogP contribution is -2.48. The molecule has 2 bridgehead atoms. The van der Waals surface area contributed by atoms with Gasteiger partial charge in [-0.3, -0.25) is 9.69 Å². The topological polar surface area (TPSA) is 40.6 Å². The summed E-state index contributed by atoms with van der Waals surface area (Å²) in [7, 11) is 0. The maximum absolute atomic E-state index is 12.7. The number of carbonyl (C=O) groups excluding carboxylic acids is 2. The van der Waals surface area contributed by atoms with Crippen molar-refractivity contribution in [2.24, 2.45) is 5.92 Å². The Balaban J connectivity index is 1.40. The number of urea groups is 1. The molecule has 23 heavy (non-hydrogen) atoms. The van der Waals surface area contributed by atoms with Crippen molar-refractivity contribution in [3.8, 4) is 10.4 Å². The van der Waals surface area contributed by atoms with E-state index in [-0.39, 0.29) is 11.9 Å². The molecule has 4 aliphatic rings. The van der Waals surface area contributed by atoms with E-state index in [9.17, 15) is 9.59 Å². The van der Waals surface area contributed by atoms with Crippen LogP contribution in [-0.4, -0.2) is 33.8 Å². The monoisotopic (exact) mass is 324 g/mol. The summed E-state index contributed by atoms with van der Waals surface area (Å²) in [6, 6.07) is 14.2. The lowest BCUT2D eigenvalue weighted by molar-refractivity contribution is -0.135. The normalized spacial score (nSPS) is 28.3. The fourth-order valence-corrected chi connectivity index (χ4v) is 5.23. The first-order valence-corrected chi connectivity index (χ1v) is 8.77. The van der Waals surface area contributed by atoms with E-state index >= 15 is 0 Å². The fraction of sp³-hybridized carbons (Fsp3) is 0.333. The molecular formula is C18H16N2O2S. The molecule has 3 aliphatic heterocycles. The van der Waals surface area contributed by atoms with Crippen molar-refractivity contribution < 1.29 is 9.59 Å². The van der Waals surface area contributed by atoms with E-state index in [2.05, 4.69) is 18.2 Å². The van der Waals surface area contributed by atoms with Gasteiger partial charge in [0.2, 0.25) is 0 Å². The van der Waals surface area contributed by atoms with E-state index < -0.39 is 5.54 Å². The first kappa shape index (κ1) is 13.3. The molecule has 4 heterocycles. The molecule has 0 unspecified atom stereocenters. The molecule has 0 radical (unpaired) electrons. The van der Waals surface area contributed by atoms with E-state index in [0.29, 0.717) is 12.5 Å². The third kappa shape index (κ3) is 1.71. The minimum atomic E-state index is -0.471. The highest BCUT2D eigenvalue weighted by molar-refractivity contribution is 7.15. The lowest BCUT2D eigenvalue weighted by atomic mass is 9.73. The molecule has 4 fully saturated rings. The number of hydrogen-bond acceptors (Lipinski definition) is 3. The van der Waals surface area contributed by atoms with Crippen molar-refractivity contribution in [2.75, 3.05) is 6.54 Å². The van der Waals surface area contributed by atoms with Crippen LogP contribution in [0.25, 0.3) is 10.4 Å². The SMILES string of the molecule is O=C1N(Cc2ccc(-c3ccccc3)s2)C(=O)C23CC(CN12)C3. The zero-order valence-electron chi connectivity index (χ0n) is 12.6. The van der Waals surface area contributed by atoms with Gasteiger partial charge in [0.25, 0.3) is 5.91 Å². The van der Waals surface area contributed by atoms with E-state index in [0.717, 1.165) is 24.3 Å². The Bertz CT molecular complexity index is 805. The van der Waals surface area contributed by atoms with Crippen molar-refractivity contribution in [3.05, 3.63) is 47.3 Å². The Labute approximate surface area is 138 Å². The van der Waals surface area contributed by atoms with Gasteiger partial charge in [0.1, 0.15) is 5.54 Å². The molecule has 4 nitrogen and oxygen atoms in total. The van der Waals surface area contributed by atoms with Crippen molar-refractivity contribution in [3.63, 3.8) is 0 Å². The second-order valence-electron chi connectivity index (χ2n) is 6.72. The molecule has 1 aromatic heterocycles. The molecule has 3 saturated heterocycles. The van der Waals surface area contributed by atoms with Gasteiger partial charge in [-0.25, -0.2) is 4.79 Å². The first-order chi connectivity index (χ1) is 11.2. The Hall–Kier alpha value is -2.14. The summed E-state index contributed by atoms with van der Waals surface area (Å²) in [6.45, 7) is 1.17. The highest BCUT2D eigenvalue weighted by atomic mass is 32.1. The standard InChI is InChI=1S/C18H16N2O2S/c21-16-18-8-12(9-18)10-20(18)17(22)19(16)11-14-6-7-15(23-14)13-4-2-1-3-5-13/h1-7,12H,8-11H2. The highest BCUT2D eigenvalue weighted by Crippen LogP contribution is 2.55. The number of rotatable bonds is 3. The van der Waals surface area contributed by atoms with Crippen LogP contribution in [0, 0.1) is 5.92 Å². The molecule has 1 spiro atoms. The zero-order valence-corrected chi connectivity index (χ0v) is 13.4. The van der Waals surface area contributed by atoms with Crippen LogP contribution in [0.5, 0.6) is 0 Å². The third-order valence-electron chi connectivity index (χ3n) is 5.35. The smallest absolute Gasteiger partial charge is 0.309 e. The Kier molecular flexibility index (Phi) is 2.57. The van der Waals surface area contributed by atoms with Crippen LogP contribution in [0.2, 0.25) is 0 Å². The summed E-state index contributed by atoms with van der Waals surface area (Å²) in [4.78, 5) is 30.7. The zero-order chi connectivity index (χ0) is 15.6. The molecule has 0 N–H and O–H groups in total. The summed E-state index contributed by atoms with van der Waals surface area (Å²) in [5.41, 5.74) is 0.699. The molecule has 1 aliphatic carbocycles. The molecule has 3 amide bonds. The van der Waals surface area contributed by atoms with E-state index in [1.54, 1.807) is 11.3 Å². The van der Waals surface area contributed by atoms with Crippen molar-refractivity contribution in [1.82, 2.24) is 9.80 Å². The summed E-state index contributed by atoms with van der Waals surface area (Å²) >= 11 is 1.65. The predicted octanol–water partition coefficient (Wildman–Crippen LogP) is 3.34. The minimum absolute atomic E-state index is 0.0194. The largest absolute Gasteiger partial charge is 0.328 e. The average molecular weight is 324 g/mol. The van der Waals surface area contributed by atoms with Gasteiger partial charge < -0.3 is 4.90 Å². The third-order valence-corrected chi connectivity index (χ3v) is 6.47. The second kappa shape index (κ2) is 4.45. The minimum Gasteiger partial charge on any atom is -0.309 e. The van der Waals surface area contributed by atoms with Crippen LogP contribution in [0.15, 0.2) is 42.5 Å². The number of carbonyl (C=O) groups is 2. The van der Waals surface area contributed by atoms with E-state index in [1.807, 2.05) is 29.2 Å². The quantitative estimate of drug-likeness (QED) is 0.813. The molecule has 1 aromatic carbocycles. The molecule has 2 aromatic rings. The summed E-state index contributed by atoms with van der Waals surface area (Å²) in [5, 5.41) is 0. The number of benzene rings is 1. The van der Waals surface area contributed by atoms with Crippen LogP contribution in [0.1, 0.15) is 17.7 Å². The summed E-state index contributed by atoms with van der Waals surface area (Å²) < 4.78 is 0. The van der Waals surface area contributed by atoms with Crippen LogP contribution >= 0.6 is 11.3 Å². The number of imide groups is 1. The average Bonchev–Trinajstić information content (AvgIpc) is 3.27. The Morgan fingerprint density at radius 2 is 1.87 bits per heavy atom. The maximum atomic E-state index is 12.7. The van der Waals surface area contributed by atoms with Crippen LogP contribution in [0.3, 0.4) is 0 Å². The van der Waals surface area contributed by atoms with Crippen LogP contribution in [-0.2, 0) is 11.3 Å². The van der Waals surface area contributed by atoms with E-state index in [1.165, 1.54) is 15.3 Å². The molecule has 0 atom stereocenters. The van der Waals surface area contributed by atoms with Crippen molar-refractivity contribution >= 4 is 23.3 Å². The van der Waals surface area contributed by atoms with Gasteiger partial charge in [0.05, 0.1) is 6.54 Å². The molecule has 116 valence electrons. The number of thiophene rings is 1. The molecule has 5 heteroatoms. The summed E-state index contributed by atoms with van der Waals surface area (Å²) in [5.74, 6) is 0.572. The van der Waals surface area contributed by atoms with Gasteiger partial charge in [0.15, 0.2) is 0 Å².